The topological polar surface area (TPSA) is 182 Å². The molecule has 7 N–H and O–H groups in total. The zero-order chi connectivity index (χ0) is 21.0. The minimum absolute atomic E-state index is 0.430. The number of nitrogens with one attached hydrogen (secondary N) is 1. The van der Waals surface area contributed by atoms with Gasteiger partial charge in [0.2, 0.25) is 5.91 Å². The molecule has 0 aromatic rings. The third-order valence-electron chi connectivity index (χ3n) is 4.92. The highest BCUT2D eigenvalue weighted by molar-refractivity contribution is 5.73. The van der Waals surface area contributed by atoms with Crippen molar-refractivity contribution in [1.29, 1.82) is 0 Å². The number of hydrogen-bond donors (Lipinski definition) is 6. The number of amides is 1. The maximum atomic E-state index is 11.5. The molecule has 28 heavy (non-hydrogen) atoms. The van der Waals surface area contributed by atoms with E-state index in [1.165, 1.54) is 21.1 Å². The average Bonchev–Trinajstić information content (AvgIpc) is 2.67. The Morgan fingerprint density at radius 1 is 1.00 bits per heavy atom. The molecule has 2 aliphatic heterocycles. The van der Waals surface area contributed by atoms with Crippen LogP contribution in [0.5, 0.6) is 0 Å². The molecule has 2 heterocycles. The summed E-state index contributed by atoms with van der Waals surface area (Å²) in [5.41, 5.74) is 5.98. The lowest BCUT2D eigenvalue weighted by Gasteiger charge is -2.47. The van der Waals surface area contributed by atoms with Crippen molar-refractivity contribution in [3.8, 4) is 0 Å². The summed E-state index contributed by atoms with van der Waals surface area (Å²) in [7, 11) is 2.67. The van der Waals surface area contributed by atoms with Crippen LogP contribution in [0.25, 0.3) is 0 Å². The lowest BCUT2D eigenvalue weighted by molar-refractivity contribution is -0.329. The molecule has 0 radical (unpaired) electrons. The van der Waals surface area contributed by atoms with Gasteiger partial charge in [-0.2, -0.15) is 0 Å². The summed E-state index contributed by atoms with van der Waals surface area (Å²) in [6.07, 6.45) is -8.81. The molecule has 0 saturated carbocycles. The summed E-state index contributed by atoms with van der Waals surface area (Å²) < 4.78 is 27.2. The van der Waals surface area contributed by atoms with Gasteiger partial charge >= 0.3 is 0 Å². The molecule has 2 fully saturated rings. The van der Waals surface area contributed by atoms with Crippen molar-refractivity contribution in [2.24, 2.45) is 5.73 Å². The molecular weight excluding hydrogens is 380 g/mol. The van der Waals surface area contributed by atoms with Gasteiger partial charge in [-0.3, -0.25) is 4.79 Å². The number of methoxy groups -OCH3 is 2. The minimum Gasteiger partial charge on any atom is -0.394 e. The molecule has 4 unspecified atom stereocenters. The van der Waals surface area contributed by atoms with Crippen LogP contribution < -0.4 is 11.1 Å². The molecule has 12 heteroatoms. The highest BCUT2D eigenvalue weighted by Gasteiger charge is 2.50. The molecule has 0 aliphatic carbocycles. The number of rotatable bonds is 7. The van der Waals surface area contributed by atoms with E-state index in [4.69, 9.17) is 29.4 Å². The van der Waals surface area contributed by atoms with Gasteiger partial charge in [-0.25, -0.2) is 0 Å². The Balaban J connectivity index is 2.20. The number of hydrogen-bond acceptors (Lipinski definition) is 11. The van der Waals surface area contributed by atoms with Crippen LogP contribution in [0.2, 0.25) is 0 Å². The molecule has 0 bridgehead atoms. The molecular formula is C16H30N2O10. The average molecular weight is 410 g/mol. The van der Waals surface area contributed by atoms with Crippen molar-refractivity contribution in [2.45, 2.75) is 68.2 Å². The molecule has 1 amide bonds. The predicted octanol–water partition coefficient (Wildman–Crippen LogP) is -3.98. The largest absolute Gasteiger partial charge is 0.394 e. The normalized spacial score (nSPS) is 44.3. The fourth-order valence-corrected chi connectivity index (χ4v) is 3.48. The summed E-state index contributed by atoms with van der Waals surface area (Å²) in [5.74, 6) is -0.430. The number of carbonyl (C=O) groups is 1. The molecule has 12 nitrogen and oxygen atoms in total. The second-order valence-corrected chi connectivity index (χ2v) is 6.77. The van der Waals surface area contributed by atoms with E-state index in [9.17, 15) is 25.2 Å². The first-order valence-corrected chi connectivity index (χ1v) is 8.91. The maximum absolute atomic E-state index is 11.5. The van der Waals surface area contributed by atoms with Crippen molar-refractivity contribution >= 4 is 5.91 Å². The van der Waals surface area contributed by atoms with Crippen LogP contribution in [0.3, 0.4) is 0 Å². The van der Waals surface area contributed by atoms with Crippen LogP contribution in [0.1, 0.15) is 6.92 Å². The van der Waals surface area contributed by atoms with Crippen LogP contribution in [0.15, 0.2) is 0 Å². The maximum Gasteiger partial charge on any atom is 0.217 e. The van der Waals surface area contributed by atoms with Gasteiger partial charge in [0.25, 0.3) is 0 Å². The fourth-order valence-electron chi connectivity index (χ4n) is 3.48. The van der Waals surface area contributed by atoms with Crippen molar-refractivity contribution in [3.63, 3.8) is 0 Å². The van der Waals surface area contributed by atoms with Crippen molar-refractivity contribution in [2.75, 3.05) is 27.4 Å². The Bertz CT molecular complexity index is 510. The molecule has 0 aromatic carbocycles. The number of ether oxygens (including phenoxy) is 5. The Labute approximate surface area is 162 Å². The molecule has 2 aliphatic rings. The summed E-state index contributed by atoms with van der Waals surface area (Å²) >= 11 is 0. The Hall–Kier alpha value is -0.930. The van der Waals surface area contributed by atoms with Gasteiger partial charge in [0.05, 0.1) is 19.3 Å². The van der Waals surface area contributed by atoms with E-state index in [0.717, 1.165) is 0 Å². The Morgan fingerprint density at radius 2 is 1.57 bits per heavy atom. The van der Waals surface area contributed by atoms with Crippen LogP contribution in [-0.4, -0.2) is 115 Å². The van der Waals surface area contributed by atoms with Gasteiger partial charge in [0, 0.05) is 21.1 Å². The van der Waals surface area contributed by atoms with Gasteiger partial charge in [0.1, 0.15) is 42.7 Å². The lowest BCUT2D eigenvalue weighted by Crippen LogP contribution is -2.68. The van der Waals surface area contributed by atoms with E-state index in [1.807, 2.05) is 0 Å². The summed E-state index contributed by atoms with van der Waals surface area (Å²) in [6, 6.07) is -2.06. The number of carbonyl (C=O) groups excluding carboxylic acids is 1. The third kappa shape index (κ3) is 4.79. The number of aliphatic hydroxyl groups is 4. The van der Waals surface area contributed by atoms with Gasteiger partial charge in [0.15, 0.2) is 12.6 Å². The lowest BCUT2D eigenvalue weighted by atomic mass is 9.95. The minimum atomic E-state index is -1.35. The molecule has 2 saturated heterocycles. The van der Waals surface area contributed by atoms with E-state index >= 15 is 0 Å². The standard InChI is InChI=1S/C16H30N2O10/c1-6(21)18-10-12(23)14(8(5-20)27-16(10)25-3)28-15-9(17)11(22)13(24-2)7(4-19)26-15/h7-16,19-20,22-23H,4-5,17H2,1-3H3,(H,18,21)/t7?,8?,9-,10-,11?,12?,13+,14+,15-,16+/m0/s1. The summed E-state index contributed by atoms with van der Waals surface area (Å²) in [5, 5.41) is 42.7. The molecule has 0 spiro atoms. The van der Waals surface area contributed by atoms with Crippen LogP contribution in [0.4, 0.5) is 0 Å². The molecule has 2 rings (SSSR count). The number of aliphatic hydroxyl groups excluding tert-OH is 4. The Morgan fingerprint density at radius 3 is 2.07 bits per heavy atom. The molecule has 0 aromatic heterocycles. The SMILES string of the molecule is CO[C@@H]1C(CO)O[C@@H](O[C@@H]2C(CO)O[C@@H](OC)[C@@H](NC(C)=O)C2O)[C@@H](N)C1O. The first-order valence-electron chi connectivity index (χ1n) is 8.91. The van der Waals surface area contributed by atoms with Crippen LogP contribution in [-0.2, 0) is 28.5 Å². The highest BCUT2D eigenvalue weighted by Crippen LogP contribution is 2.29. The van der Waals surface area contributed by atoms with E-state index in [-0.39, 0.29) is 0 Å². The van der Waals surface area contributed by atoms with Gasteiger partial charge in [-0.05, 0) is 0 Å². The summed E-state index contributed by atoms with van der Waals surface area (Å²) in [4.78, 5) is 11.5. The highest BCUT2D eigenvalue weighted by atomic mass is 16.7. The van der Waals surface area contributed by atoms with Crippen molar-refractivity contribution in [1.82, 2.24) is 5.32 Å². The van der Waals surface area contributed by atoms with Crippen molar-refractivity contribution in [3.05, 3.63) is 0 Å². The smallest absolute Gasteiger partial charge is 0.217 e. The van der Waals surface area contributed by atoms with Crippen LogP contribution in [0, 0.1) is 0 Å². The van der Waals surface area contributed by atoms with E-state index < -0.39 is 80.4 Å². The summed E-state index contributed by atoms with van der Waals surface area (Å²) in [6.45, 7) is 0.277. The molecule has 164 valence electrons. The van der Waals surface area contributed by atoms with Gasteiger partial charge in [-0.1, -0.05) is 0 Å². The monoisotopic (exact) mass is 410 g/mol. The quantitative estimate of drug-likeness (QED) is 0.241. The van der Waals surface area contributed by atoms with Crippen molar-refractivity contribution < 1.29 is 48.9 Å². The van der Waals surface area contributed by atoms with Gasteiger partial charge in [-0.15, -0.1) is 0 Å². The fraction of sp³-hybridized carbons (Fsp3) is 0.938. The number of nitrogens with two attached hydrogens (primary N) is 1. The van der Waals surface area contributed by atoms with E-state index in [1.54, 1.807) is 0 Å². The van der Waals surface area contributed by atoms with E-state index in [0.29, 0.717) is 0 Å². The second-order valence-electron chi connectivity index (χ2n) is 6.77. The zero-order valence-electron chi connectivity index (χ0n) is 16.0. The molecule has 10 atom stereocenters. The first kappa shape index (κ1) is 23.3. The Kier molecular flexibility index (Phi) is 8.51. The first-order chi connectivity index (χ1) is 13.3. The second kappa shape index (κ2) is 10.2. The van der Waals surface area contributed by atoms with Gasteiger partial charge < -0.3 is 55.2 Å². The van der Waals surface area contributed by atoms with Crippen LogP contribution >= 0.6 is 0 Å². The third-order valence-corrected chi connectivity index (χ3v) is 4.92. The van der Waals surface area contributed by atoms with E-state index in [2.05, 4.69) is 5.32 Å². The predicted molar refractivity (Wildman–Crippen MR) is 91.8 cm³/mol. The zero-order valence-corrected chi connectivity index (χ0v) is 16.0.